The summed E-state index contributed by atoms with van der Waals surface area (Å²) in [6.07, 6.45) is 3.93. The van der Waals surface area contributed by atoms with E-state index in [2.05, 4.69) is 173 Å². The molecule has 4 nitrogen and oxygen atoms in total. The summed E-state index contributed by atoms with van der Waals surface area (Å²) in [5.41, 5.74) is 9.92. The molecule has 0 N–H and O–H groups in total. The van der Waals surface area contributed by atoms with E-state index in [1.165, 1.54) is 42.0 Å². The largest absolute Gasteiger partial charge is 0.309 e. The first-order valence-electron chi connectivity index (χ1n) is 17.1. The van der Waals surface area contributed by atoms with Gasteiger partial charge in [0.2, 0.25) is 5.95 Å². The first-order valence-corrected chi connectivity index (χ1v) is 17.9. The highest BCUT2D eigenvalue weighted by molar-refractivity contribution is 7.26. The molecule has 0 bridgehead atoms. The average Bonchev–Trinajstić information content (AvgIpc) is 3.75. The molecule has 7 aromatic carbocycles. The van der Waals surface area contributed by atoms with E-state index in [9.17, 15) is 0 Å². The molecule has 0 saturated heterocycles. The Morgan fingerprint density at radius 3 is 1.88 bits per heavy atom. The van der Waals surface area contributed by atoms with Crippen LogP contribution in [0.15, 0.2) is 182 Å². The minimum atomic E-state index is 0.612. The topological polar surface area (TPSA) is 34.0 Å². The van der Waals surface area contributed by atoms with E-state index in [-0.39, 0.29) is 0 Å². The molecular formula is C46H30N4S. The summed E-state index contributed by atoms with van der Waals surface area (Å²) in [6.45, 7) is 0. The Balaban J connectivity index is 1.12. The third-order valence-corrected chi connectivity index (χ3v) is 10.9. The predicted molar refractivity (Wildman–Crippen MR) is 215 cm³/mol. The van der Waals surface area contributed by atoms with Crippen LogP contribution in [0.2, 0.25) is 0 Å². The number of nitrogens with zero attached hydrogens (tertiary/aromatic N) is 4. The summed E-state index contributed by atoms with van der Waals surface area (Å²) in [5, 5.41) is 4.92. The number of hydrogen-bond donors (Lipinski definition) is 0. The van der Waals surface area contributed by atoms with Gasteiger partial charge in [0.1, 0.15) is 0 Å². The second-order valence-corrected chi connectivity index (χ2v) is 13.7. The number of rotatable bonds is 6. The number of hydrogen-bond acceptors (Lipinski definition) is 4. The second-order valence-electron chi connectivity index (χ2n) is 12.7. The van der Waals surface area contributed by atoms with Crippen molar-refractivity contribution in [2.24, 2.45) is 0 Å². The molecule has 0 radical (unpaired) electrons. The minimum Gasteiger partial charge on any atom is -0.309 e. The number of fused-ring (bicyclic) bond motifs is 6. The summed E-state index contributed by atoms with van der Waals surface area (Å²) in [5.74, 6) is 0.612. The van der Waals surface area contributed by atoms with Crippen LogP contribution in [-0.4, -0.2) is 14.5 Å². The molecule has 0 aliphatic rings. The third kappa shape index (κ3) is 4.98. The fraction of sp³-hybridized carbons (Fsp3) is 0. The molecule has 0 fully saturated rings. The molecule has 10 aromatic rings. The van der Waals surface area contributed by atoms with E-state index in [1.807, 2.05) is 29.8 Å². The maximum Gasteiger partial charge on any atom is 0.234 e. The molecule has 0 unspecified atom stereocenters. The lowest BCUT2D eigenvalue weighted by Crippen LogP contribution is -2.13. The number of thiophene rings is 1. The van der Waals surface area contributed by atoms with E-state index in [1.54, 1.807) is 0 Å². The first kappa shape index (κ1) is 29.4. The summed E-state index contributed by atoms with van der Waals surface area (Å²) < 4.78 is 4.88. The van der Waals surface area contributed by atoms with Crippen molar-refractivity contribution in [3.05, 3.63) is 182 Å². The molecule has 51 heavy (non-hydrogen) atoms. The summed E-state index contributed by atoms with van der Waals surface area (Å²) >= 11 is 1.82. The SMILES string of the molecule is c1ccc(-c2ccc(N(c3ccc4c(c3)c3ccccc3n4-c3ccccc3)c3ncc(-c4cccc5c4sc4ccccc45)cn3)cc2)cc1. The quantitative estimate of drug-likeness (QED) is 0.177. The van der Waals surface area contributed by atoms with Gasteiger partial charge < -0.3 is 4.57 Å². The zero-order valence-electron chi connectivity index (χ0n) is 27.5. The van der Waals surface area contributed by atoms with Gasteiger partial charge in [0.15, 0.2) is 0 Å². The summed E-state index contributed by atoms with van der Waals surface area (Å²) in [7, 11) is 0. The lowest BCUT2D eigenvalue weighted by atomic mass is 10.0. The molecule has 3 heterocycles. The standard InChI is InChI=1S/C46H30N4S/c1-3-12-31(13-4-1)32-22-24-35(25-23-32)49(36-26-27-43-41(28-36)38-16-7-9-20-42(38)50(43)34-14-5-2-6-15-34)46-47-29-33(30-48-46)37-18-11-19-40-39-17-8-10-21-44(39)51-45(37)40/h1-30H. The van der Waals surface area contributed by atoms with E-state index in [0.717, 1.165) is 39.3 Å². The van der Waals surface area contributed by atoms with Gasteiger partial charge in [-0.1, -0.05) is 115 Å². The van der Waals surface area contributed by atoms with Crippen LogP contribution in [0.3, 0.4) is 0 Å². The maximum atomic E-state index is 5.06. The average molecular weight is 671 g/mol. The van der Waals surface area contributed by atoms with Gasteiger partial charge in [0.05, 0.1) is 11.0 Å². The summed E-state index contributed by atoms with van der Waals surface area (Å²) in [6, 6.07) is 60.1. The second kappa shape index (κ2) is 12.1. The zero-order valence-corrected chi connectivity index (χ0v) is 28.3. The number of anilines is 3. The first-order chi connectivity index (χ1) is 25.3. The van der Waals surface area contributed by atoms with Crippen LogP contribution in [0.25, 0.3) is 69.9 Å². The number of benzene rings is 7. The van der Waals surface area contributed by atoms with Gasteiger partial charge in [0, 0.05) is 71.5 Å². The van der Waals surface area contributed by atoms with Crippen molar-refractivity contribution in [1.29, 1.82) is 0 Å². The Kier molecular flexibility index (Phi) is 6.96. The van der Waals surface area contributed by atoms with Crippen molar-refractivity contribution in [3.63, 3.8) is 0 Å². The molecular weight excluding hydrogens is 641 g/mol. The minimum absolute atomic E-state index is 0.612. The van der Waals surface area contributed by atoms with Crippen molar-refractivity contribution in [1.82, 2.24) is 14.5 Å². The monoisotopic (exact) mass is 670 g/mol. The molecule has 0 aliphatic heterocycles. The van der Waals surface area contributed by atoms with Gasteiger partial charge in [-0.3, -0.25) is 4.90 Å². The molecule has 240 valence electrons. The molecule has 0 saturated carbocycles. The highest BCUT2D eigenvalue weighted by Gasteiger charge is 2.20. The molecule has 0 atom stereocenters. The van der Waals surface area contributed by atoms with E-state index in [4.69, 9.17) is 9.97 Å². The van der Waals surface area contributed by atoms with Crippen molar-refractivity contribution >= 4 is 70.6 Å². The van der Waals surface area contributed by atoms with E-state index < -0.39 is 0 Å². The Hall–Kier alpha value is -6.56. The molecule has 0 amide bonds. The Labute approximate surface area is 299 Å². The van der Waals surface area contributed by atoms with E-state index in [0.29, 0.717) is 5.95 Å². The maximum absolute atomic E-state index is 5.06. The zero-order chi connectivity index (χ0) is 33.7. The van der Waals surface area contributed by atoms with Crippen LogP contribution in [0.5, 0.6) is 0 Å². The number of aromatic nitrogens is 3. The smallest absolute Gasteiger partial charge is 0.234 e. The van der Waals surface area contributed by atoms with Crippen LogP contribution < -0.4 is 4.90 Å². The number of para-hydroxylation sites is 2. The van der Waals surface area contributed by atoms with Gasteiger partial charge in [0.25, 0.3) is 0 Å². The lowest BCUT2D eigenvalue weighted by Gasteiger charge is -2.24. The normalized spacial score (nSPS) is 11.5. The molecule has 0 aliphatic carbocycles. The lowest BCUT2D eigenvalue weighted by molar-refractivity contribution is 1.08. The van der Waals surface area contributed by atoms with Crippen LogP contribution in [0.4, 0.5) is 17.3 Å². The highest BCUT2D eigenvalue weighted by Crippen LogP contribution is 2.42. The molecule has 0 spiro atoms. The Morgan fingerprint density at radius 2 is 1.08 bits per heavy atom. The fourth-order valence-electron chi connectivity index (χ4n) is 7.32. The van der Waals surface area contributed by atoms with Crippen LogP contribution in [0.1, 0.15) is 0 Å². The van der Waals surface area contributed by atoms with Gasteiger partial charge in [-0.2, -0.15) is 0 Å². The summed E-state index contributed by atoms with van der Waals surface area (Å²) in [4.78, 5) is 12.3. The molecule has 3 aromatic heterocycles. The van der Waals surface area contributed by atoms with Gasteiger partial charge in [-0.25, -0.2) is 9.97 Å². The molecule has 10 rings (SSSR count). The van der Waals surface area contributed by atoms with Crippen molar-refractivity contribution in [2.75, 3.05) is 4.90 Å². The van der Waals surface area contributed by atoms with Gasteiger partial charge in [-0.15, -0.1) is 11.3 Å². The Bertz CT molecular complexity index is 2840. The van der Waals surface area contributed by atoms with Crippen LogP contribution in [0, 0.1) is 0 Å². The van der Waals surface area contributed by atoms with Crippen LogP contribution >= 0.6 is 11.3 Å². The third-order valence-electron chi connectivity index (χ3n) is 9.71. The Morgan fingerprint density at radius 1 is 0.451 bits per heavy atom. The van der Waals surface area contributed by atoms with Gasteiger partial charge >= 0.3 is 0 Å². The predicted octanol–water partition coefficient (Wildman–Crippen LogP) is 12.7. The van der Waals surface area contributed by atoms with Crippen molar-refractivity contribution in [2.45, 2.75) is 0 Å². The highest BCUT2D eigenvalue weighted by atomic mass is 32.1. The van der Waals surface area contributed by atoms with Gasteiger partial charge in [-0.05, 0) is 65.7 Å². The molecule has 5 heteroatoms. The van der Waals surface area contributed by atoms with Crippen molar-refractivity contribution in [3.8, 4) is 27.9 Å². The van der Waals surface area contributed by atoms with Crippen LogP contribution in [-0.2, 0) is 0 Å². The van der Waals surface area contributed by atoms with Crippen molar-refractivity contribution < 1.29 is 0 Å². The van der Waals surface area contributed by atoms with E-state index >= 15 is 0 Å². The fourth-order valence-corrected chi connectivity index (χ4v) is 8.56.